The molecule has 0 radical (unpaired) electrons. The van der Waals surface area contributed by atoms with E-state index in [2.05, 4.69) is 6.07 Å². The molecule has 2 bridgehead atoms. The summed E-state index contributed by atoms with van der Waals surface area (Å²) >= 11 is 0. The Balaban J connectivity index is 1.99. The van der Waals surface area contributed by atoms with E-state index in [1.165, 1.54) is 0 Å². The van der Waals surface area contributed by atoms with Gasteiger partial charge >= 0.3 is 0 Å². The lowest BCUT2D eigenvalue weighted by atomic mass is 10.1. The zero-order chi connectivity index (χ0) is 8.55. The lowest BCUT2D eigenvalue weighted by molar-refractivity contribution is -0.134. The quantitative estimate of drug-likeness (QED) is 0.609. The van der Waals surface area contributed by atoms with E-state index in [0.717, 1.165) is 19.3 Å². The predicted octanol–water partition coefficient (Wildman–Crippen LogP) is 0.911. The van der Waals surface area contributed by atoms with Gasteiger partial charge in [-0.3, -0.25) is 4.79 Å². The van der Waals surface area contributed by atoms with Gasteiger partial charge in [-0.1, -0.05) is 0 Å². The van der Waals surface area contributed by atoms with Crippen LogP contribution in [-0.2, 0) is 4.79 Å². The predicted molar refractivity (Wildman–Crippen MR) is 43.1 cm³/mol. The molecular formula is C9H12N2O. The molecule has 2 rings (SSSR count). The summed E-state index contributed by atoms with van der Waals surface area (Å²) in [4.78, 5) is 13.4. The molecule has 1 saturated heterocycles. The Bertz CT molecular complexity index is 243. The Kier molecular flexibility index (Phi) is 1.76. The van der Waals surface area contributed by atoms with Crippen LogP contribution in [0.2, 0.25) is 0 Å². The number of nitrogens with zero attached hydrogens (tertiary/aromatic N) is 2. The molecule has 0 N–H and O–H groups in total. The topological polar surface area (TPSA) is 44.1 Å². The van der Waals surface area contributed by atoms with Gasteiger partial charge in [-0.25, -0.2) is 0 Å². The van der Waals surface area contributed by atoms with Gasteiger partial charge in [-0.05, 0) is 19.3 Å². The van der Waals surface area contributed by atoms with Crippen LogP contribution >= 0.6 is 0 Å². The Morgan fingerprint density at radius 1 is 1.58 bits per heavy atom. The molecule has 0 spiro atoms. The van der Waals surface area contributed by atoms with E-state index < -0.39 is 0 Å². The van der Waals surface area contributed by atoms with E-state index >= 15 is 0 Å². The maximum atomic E-state index is 11.5. The molecule has 64 valence electrons. The molecule has 1 amide bonds. The van der Waals surface area contributed by atoms with Crippen LogP contribution in [0.1, 0.15) is 25.7 Å². The molecule has 2 fully saturated rings. The fraction of sp³-hybridized carbons (Fsp3) is 0.778. The molecular weight excluding hydrogens is 152 g/mol. The summed E-state index contributed by atoms with van der Waals surface area (Å²) in [6.45, 7) is 0.649. The molecule has 0 aromatic rings. The first kappa shape index (κ1) is 7.60. The van der Waals surface area contributed by atoms with Crippen LogP contribution in [0.25, 0.3) is 0 Å². The summed E-state index contributed by atoms with van der Waals surface area (Å²) in [6, 6.07) is 2.55. The zero-order valence-electron chi connectivity index (χ0n) is 6.99. The number of rotatable bonds is 2. The van der Waals surface area contributed by atoms with Gasteiger partial charge in [0.2, 0.25) is 5.91 Å². The van der Waals surface area contributed by atoms with Gasteiger partial charge in [0.25, 0.3) is 0 Å². The van der Waals surface area contributed by atoms with Crippen molar-refractivity contribution in [2.75, 3.05) is 6.54 Å². The third-order valence-corrected chi connectivity index (χ3v) is 2.94. The van der Waals surface area contributed by atoms with Gasteiger partial charge in [-0.2, -0.15) is 5.26 Å². The number of fused-ring (bicyclic) bond motifs is 2. The average Bonchev–Trinajstić information content (AvgIpc) is 2.62. The minimum atomic E-state index is 0.293. The van der Waals surface area contributed by atoms with Gasteiger partial charge in [-0.15, -0.1) is 0 Å². The average molecular weight is 164 g/mol. The molecule has 0 aromatic heterocycles. The van der Waals surface area contributed by atoms with Crippen molar-refractivity contribution in [1.82, 2.24) is 4.90 Å². The molecule has 0 aromatic carbocycles. The fourth-order valence-electron chi connectivity index (χ4n) is 2.34. The van der Waals surface area contributed by atoms with Gasteiger partial charge in [0, 0.05) is 18.5 Å². The van der Waals surface area contributed by atoms with E-state index in [1.54, 1.807) is 0 Å². The van der Waals surface area contributed by atoms with Gasteiger partial charge in [0.1, 0.15) is 0 Å². The van der Waals surface area contributed by atoms with Gasteiger partial charge in [0.05, 0.1) is 12.5 Å². The number of hydrogen-bond donors (Lipinski definition) is 0. The number of amides is 1. The Morgan fingerprint density at radius 2 is 2.42 bits per heavy atom. The van der Waals surface area contributed by atoms with Crippen molar-refractivity contribution in [3.05, 3.63) is 0 Å². The van der Waals surface area contributed by atoms with Crippen molar-refractivity contribution in [3.63, 3.8) is 0 Å². The van der Waals surface area contributed by atoms with Crippen LogP contribution in [0.4, 0.5) is 0 Å². The maximum absolute atomic E-state index is 11.5. The molecule has 1 aliphatic carbocycles. The number of hydrogen-bond acceptors (Lipinski definition) is 2. The molecule has 2 unspecified atom stereocenters. The second-order valence-corrected chi connectivity index (χ2v) is 3.60. The molecule has 1 heterocycles. The van der Waals surface area contributed by atoms with Gasteiger partial charge < -0.3 is 4.90 Å². The van der Waals surface area contributed by atoms with E-state index in [0.29, 0.717) is 30.8 Å². The second-order valence-electron chi connectivity index (χ2n) is 3.60. The summed E-state index contributed by atoms with van der Waals surface area (Å²) in [7, 11) is 0. The minimum absolute atomic E-state index is 0.293. The SMILES string of the molecule is N#CCCN1C(=O)C2CCC1C2. The van der Waals surface area contributed by atoms with Crippen LogP contribution < -0.4 is 0 Å². The summed E-state index contributed by atoms with van der Waals surface area (Å²) in [5.41, 5.74) is 0. The van der Waals surface area contributed by atoms with Gasteiger partial charge in [0.15, 0.2) is 0 Å². The van der Waals surface area contributed by atoms with Crippen molar-refractivity contribution in [1.29, 1.82) is 5.26 Å². The lowest BCUT2D eigenvalue weighted by Gasteiger charge is -2.25. The number of carbonyl (C=O) groups excluding carboxylic acids is 1. The molecule has 1 aliphatic heterocycles. The van der Waals surface area contributed by atoms with Crippen molar-refractivity contribution in [2.24, 2.45) is 5.92 Å². The Labute approximate surface area is 72.0 Å². The first-order valence-corrected chi connectivity index (χ1v) is 4.50. The third kappa shape index (κ3) is 0.989. The van der Waals surface area contributed by atoms with Crippen LogP contribution in [-0.4, -0.2) is 23.4 Å². The highest BCUT2D eigenvalue weighted by Gasteiger charge is 2.43. The van der Waals surface area contributed by atoms with Crippen molar-refractivity contribution in [3.8, 4) is 6.07 Å². The summed E-state index contributed by atoms with van der Waals surface area (Å²) < 4.78 is 0. The fourth-order valence-corrected chi connectivity index (χ4v) is 2.34. The van der Waals surface area contributed by atoms with E-state index in [-0.39, 0.29) is 0 Å². The lowest BCUT2D eigenvalue weighted by Crippen LogP contribution is -2.37. The summed E-state index contributed by atoms with van der Waals surface area (Å²) in [5, 5.41) is 8.40. The Morgan fingerprint density at radius 3 is 3.00 bits per heavy atom. The van der Waals surface area contributed by atoms with Crippen molar-refractivity contribution >= 4 is 5.91 Å². The second kappa shape index (κ2) is 2.78. The maximum Gasteiger partial charge on any atom is 0.226 e. The Hall–Kier alpha value is -1.04. The largest absolute Gasteiger partial charge is 0.338 e. The number of likely N-dealkylation sites (tertiary alicyclic amines) is 1. The molecule has 3 nitrogen and oxygen atoms in total. The van der Waals surface area contributed by atoms with E-state index in [4.69, 9.17) is 5.26 Å². The standard InChI is InChI=1S/C9H12N2O/c10-4-1-5-11-8-3-2-7(6-8)9(11)12/h7-8H,1-3,5-6H2. The number of nitriles is 1. The van der Waals surface area contributed by atoms with Crippen LogP contribution in [0.3, 0.4) is 0 Å². The third-order valence-electron chi connectivity index (χ3n) is 2.94. The monoisotopic (exact) mass is 164 g/mol. The summed E-state index contributed by atoms with van der Waals surface area (Å²) in [6.07, 6.45) is 3.76. The van der Waals surface area contributed by atoms with Crippen LogP contribution in [0, 0.1) is 17.2 Å². The van der Waals surface area contributed by atoms with Crippen molar-refractivity contribution < 1.29 is 4.79 Å². The van der Waals surface area contributed by atoms with Crippen LogP contribution in [0.5, 0.6) is 0 Å². The molecule has 3 heteroatoms. The minimum Gasteiger partial charge on any atom is -0.338 e. The zero-order valence-corrected chi connectivity index (χ0v) is 6.99. The molecule has 2 aliphatic rings. The highest BCUT2D eigenvalue weighted by Crippen LogP contribution is 2.38. The number of carbonyl (C=O) groups is 1. The first-order valence-electron chi connectivity index (χ1n) is 4.50. The van der Waals surface area contributed by atoms with Crippen molar-refractivity contribution in [2.45, 2.75) is 31.7 Å². The van der Waals surface area contributed by atoms with E-state index in [1.807, 2.05) is 4.90 Å². The summed E-state index contributed by atoms with van der Waals surface area (Å²) in [5.74, 6) is 0.593. The normalized spacial score (nSPS) is 32.6. The molecule has 2 atom stereocenters. The molecule has 1 saturated carbocycles. The number of piperidine rings is 1. The first-order chi connectivity index (χ1) is 5.83. The highest BCUT2D eigenvalue weighted by molar-refractivity contribution is 5.82. The molecule has 12 heavy (non-hydrogen) atoms. The smallest absolute Gasteiger partial charge is 0.226 e. The van der Waals surface area contributed by atoms with E-state index in [9.17, 15) is 4.79 Å². The van der Waals surface area contributed by atoms with Crippen LogP contribution in [0.15, 0.2) is 0 Å². The highest BCUT2D eigenvalue weighted by atomic mass is 16.2.